The summed E-state index contributed by atoms with van der Waals surface area (Å²) in [6, 6.07) is 14.7. The maximum atomic E-state index is 9.20. The van der Waals surface area contributed by atoms with Crippen molar-refractivity contribution < 1.29 is 9.84 Å². The Bertz CT molecular complexity index is 704. The fourth-order valence-corrected chi connectivity index (χ4v) is 2.84. The molecule has 0 radical (unpaired) electrons. The summed E-state index contributed by atoms with van der Waals surface area (Å²) in [5.41, 5.74) is 6.54. The topological polar surface area (TPSA) is 55.5 Å². The van der Waals surface area contributed by atoms with Crippen LogP contribution in [0.25, 0.3) is 10.1 Å². The minimum Gasteiger partial charge on any atom is -0.508 e. The van der Waals surface area contributed by atoms with E-state index in [1.54, 1.807) is 35.6 Å². The van der Waals surface area contributed by atoms with Crippen LogP contribution < -0.4 is 10.5 Å². The highest BCUT2D eigenvalue weighted by Gasteiger charge is 2.03. The van der Waals surface area contributed by atoms with E-state index in [1.165, 1.54) is 4.70 Å². The summed E-state index contributed by atoms with van der Waals surface area (Å²) in [4.78, 5) is 1.15. The molecule has 0 fully saturated rings. The van der Waals surface area contributed by atoms with Crippen LogP contribution in [0.3, 0.4) is 0 Å². The van der Waals surface area contributed by atoms with Crippen LogP contribution in [-0.4, -0.2) is 5.11 Å². The van der Waals surface area contributed by atoms with E-state index >= 15 is 0 Å². The SMILES string of the molecule is Nc1ccc2sc(COc3ccc(O)cc3)cc2c1. The molecule has 0 spiro atoms. The van der Waals surface area contributed by atoms with Crippen LogP contribution in [0.2, 0.25) is 0 Å². The molecule has 0 aliphatic heterocycles. The first-order valence-electron chi connectivity index (χ1n) is 5.90. The predicted molar refractivity (Wildman–Crippen MR) is 78.7 cm³/mol. The van der Waals surface area contributed by atoms with Gasteiger partial charge >= 0.3 is 0 Å². The summed E-state index contributed by atoms with van der Waals surface area (Å²) >= 11 is 1.70. The Balaban J connectivity index is 1.76. The van der Waals surface area contributed by atoms with E-state index in [1.807, 2.05) is 18.2 Å². The number of aromatic hydroxyl groups is 1. The van der Waals surface area contributed by atoms with Gasteiger partial charge in [-0.3, -0.25) is 0 Å². The normalized spacial score (nSPS) is 10.7. The van der Waals surface area contributed by atoms with E-state index in [-0.39, 0.29) is 5.75 Å². The number of anilines is 1. The zero-order valence-corrected chi connectivity index (χ0v) is 11.0. The monoisotopic (exact) mass is 271 g/mol. The van der Waals surface area contributed by atoms with Crippen molar-refractivity contribution in [3.8, 4) is 11.5 Å². The maximum absolute atomic E-state index is 9.20. The Morgan fingerprint density at radius 2 is 1.84 bits per heavy atom. The number of rotatable bonds is 3. The van der Waals surface area contributed by atoms with Crippen molar-refractivity contribution in [2.75, 3.05) is 5.73 Å². The average Bonchev–Trinajstić information content (AvgIpc) is 2.80. The fraction of sp³-hybridized carbons (Fsp3) is 0.0667. The third-order valence-corrected chi connectivity index (χ3v) is 3.90. The van der Waals surface area contributed by atoms with E-state index in [9.17, 15) is 5.11 Å². The molecule has 0 unspecified atom stereocenters. The Hall–Kier alpha value is -2.20. The molecule has 0 aliphatic rings. The van der Waals surface area contributed by atoms with Crippen molar-refractivity contribution in [1.82, 2.24) is 0 Å². The summed E-state index contributed by atoms with van der Waals surface area (Å²) in [5.74, 6) is 0.986. The summed E-state index contributed by atoms with van der Waals surface area (Å²) in [7, 11) is 0. The summed E-state index contributed by atoms with van der Waals surface area (Å²) in [6.07, 6.45) is 0. The molecule has 0 atom stereocenters. The minimum atomic E-state index is 0.240. The van der Waals surface area contributed by atoms with Crippen LogP contribution in [0.1, 0.15) is 4.88 Å². The van der Waals surface area contributed by atoms with Gasteiger partial charge in [0, 0.05) is 15.3 Å². The zero-order chi connectivity index (χ0) is 13.2. The van der Waals surface area contributed by atoms with Gasteiger partial charge in [0.15, 0.2) is 0 Å². The summed E-state index contributed by atoms with van der Waals surface area (Å²) < 4.78 is 6.88. The van der Waals surface area contributed by atoms with Crippen molar-refractivity contribution in [2.45, 2.75) is 6.61 Å². The van der Waals surface area contributed by atoms with Crippen LogP contribution in [0.4, 0.5) is 5.69 Å². The standard InChI is InChI=1S/C15H13NO2S/c16-11-1-6-15-10(7-11)8-14(19-15)9-18-13-4-2-12(17)3-5-13/h1-8,17H,9,16H2. The largest absolute Gasteiger partial charge is 0.508 e. The van der Waals surface area contributed by atoms with Crippen LogP contribution >= 0.6 is 11.3 Å². The second-order valence-electron chi connectivity index (χ2n) is 4.29. The molecule has 0 aliphatic carbocycles. The van der Waals surface area contributed by atoms with Crippen LogP contribution in [0.15, 0.2) is 48.5 Å². The number of hydrogen-bond acceptors (Lipinski definition) is 4. The van der Waals surface area contributed by atoms with Crippen LogP contribution in [-0.2, 0) is 6.61 Å². The first-order valence-corrected chi connectivity index (χ1v) is 6.72. The Morgan fingerprint density at radius 1 is 1.05 bits per heavy atom. The van der Waals surface area contributed by atoms with E-state index in [4.69, 9.17) is 10.5 Å². The first-order chi connectivity index (χ1) is 9.20. The van der Waals surface area contributed by atoms with Gasteiger partial charge in [-0.05, 0) is 53.9 Å². The smallest absolute Gasteiger partial charge is 0.122 e. The highest BCUT2D eigenvalue weighted by molar-refractivity contribution is 7.19. The van der Waals surface area contributed by atoms with Gasteiger partial charge in [-0.1, -0.05) is 0 Å². The number of fused-ring (bicyclic) bond motifs is 1. The molecule has 0 saturated heterocycles. The van der Waals surface area contributed by atoms with Crippen molar-refractivity contribution in [3.05, 3.63) is 53.4 Å². The molecule has 1 aromatic heterocycles. The fourth-order valence-electron chi connectivity index (χ4n) is 1.88. The maximum Gasteiger partial charge on any atom is 0.122 e. The lowest BCUT2D eigenvalue weighted by Gasteiger charge is -2.03. The molecule has 3 N–H and O–H groups in total. The molecular formula is C15H13NO2S. The van der Waals surface area contributed by atoms with Crippen LogP contribution in [0, 0.1) is 0 Å². The highest BCUT2D eigenvalue weighted by Crippen LogP contribution is 2.28. The van der Waals surface area contributed by atoms with Gasteiger partial charge in [-0.15, -0.1) is 11.3 Å². The number of hydrogen-bond donors (Lipinski definition) is 2. The van der Waals surface area contributed by atoms with Crippen molar-refractivity contribution in [3.63, 3.8) is 0 Å². The van der Waals surface area contributed by atoms with Gasteiger partial charge in [0.25, 0.3) is 0 Å². The molecule has 0 amide bonds. The quantitative estimate of drug-likeness (QED) is 0.713. The highest BCUT2D eigenvalue weighted by atomic mass is 32.1. The van der Waals surface area contributed by atoms with Gasteiger partial charge in [-0.2, -0.15) is 0 Å². The summed E-state index contributed by atoms with van der Waals surface area (Å²) in [5, 5.41) is 10.3. The number of benzene rings is 2. The molecule has 3 aromatic rings. The summed E-state index contributed by atoms with van der Waals surface area (Å²) in [6.45, 7) is 0.518. The van der Waals surface area contributed by atoms with Crippen LogP contribution in [0.5, 0.6) is 11.5 Å². The van der Waals surface area contributed by atoms with Gasteiger partial charge < -0.3 is 15.6 Å². The number of phenolic OH excluding ortho intramolecular Hbond substituents is 1. The number of nitrogen functional groups attached to an aromatic ring is 1. The lowest BCUT2D eigenvalue weighted by Crippen LogP contribution is -1.91. The molecule has 96 valence electrons. The molecule has 3 nitrogen and oxygen atoms in total. The molecule has 3 rings (SSSR count). The van der Waals surface area contributed by atoms with Gasteiger partial charge in [0.05, 0.1) is 0 Å². The van der Waals surface area contributed by atoms with Crippen molar-refractivity contribution in [2.24, 2.45) is 0 Å². The van der Waals surface area contributed by atoms with Crippen molar-refractivity contribution >= 4 is 27.1 Å². The van der Waals surface area contributed by atoms with E-state index < -0.39 is 0 Å². The van der Waals surface area contributed by atoms with E-state index in [2.05, 4.69) is 6.07 Å². The molecule has 2 aromatic carbocycles. The molecule has 0 saturated carbocycles. The average molecular weight is 271 g/mol. The third kappa shape index (κ3) is 2.63. The first kappa shape index (κ1) is 11.9. The molecule has 1 heterocycles. The van der Waals surface area contributed by atoms with E-state index in [0.29, 0.717) is 6.61 Å². The predicted octanol–water partition coefficient (Wildman–Crippen LogP) is 3.77. The minimum absolute atomic E-state index is 0.240. The number of nitrogens with two attached hydrogens (primary N) is 1. The lowest BCUT2D eigenvalue weighted by molar-refractivity contribution is 0.309. The second-order valence-corrected chi connectivity index (χ2v) is 5.46. The molecule has 19 heavy (non-hydrogen) atoms. The second kappa shape index (κ2) is 4.82. The lowest BCUT2D eigenvalue weighted by atomic mass is 10.2. The number of ether oxygens (including phenoxy) is 1. The molecule has 0 bridgehead atoms. The number of thiophene rings is 1. The van der Waals surface area contributed by atoms with Gasteiger partial charge in [0.1, 0.15) is 18.1 Å². The zero-order valence-electron chi connectivity index (χ0n) is 10.2. The Labute approximate surface area is 114 Å². The Kier molecular flexibility index (Phi) is 3.01. The Morgan fingerprint density at radius 3 is 2.63 bits per heavy atom. The van der Waals surface area contributed by atoms with Gasteiger partial charge in [0.2, 0.25) is 0 Å². The number of phenols is 1. The van der Waals surface area contributed by atoms with Gasteiger partial charge in [-0.25, -0.2) is 0 Å². The van der Waals surface area contributed by atoms with E-state index in [0.717, 1.165) is 21.7 Å². The molecular weight excluding hydrogens is 258 g/mol. The third-order valence-electron chi connectivity index (χ3n) is 2.81. The molecule has 4 heteroatoms. The van der Waals surface area contributed by atoms with Crippen molar-refractivity contribution in [1.29, 1.82) is 0 Å².